The number of ether oxygens (including phenoxy) is 1. The first-order valence-corrected chi connectivity index (χ1v) is 7.00. The van der Waals surface area contributed by atoms with Gasteiger partial charge in [-0.15, -0.1) is 0 Å². The van der Waals surface area contributed by atoms with Gasteiger partial charge >= 0.3 is 6.18 Å². The van der Waals surface area contributed by atoms with Crippen molar-refractivity contribution in [1.82, 2.24) is 19.6 Å². The van der Waals surface area contributed by atoms with Crippen LogP contribution in [0.5, 0.6) is 11.6 Å². The van der Waals surface area contributed by atoms with Crippen molar-refractivity contribution in [1.29, 1.82) is 0 Å². The van der Waals surface area contributed by atoms with Gasteiger partial charge in [-0.25, -0.2) is 4.98 Å². The number of fused-ring (bicyclic) bond motifs is 1. The van der Waals surface area contributed by atoms with Crippen molar-refractivity contribution in [2.45, 2.75) is 19.5 Å². The molecule has 2 heterocycles. The summed E-state index contributed by atoms with van der Waals surface area (Å²) in [6.45, 7) is 1.91. The zero-order valence-corrected chi connectivity index (χ0v) is 12.6. The van der Waals surface area contributed by atoms with E-state index in [0.29, 0.717) is 17.2 Å². The summed E-state index contributed by atoms with van der Waals surface area (Å²) in [5.41, 5.74) is -0.276. The highest BCUT2D eigenvalue weighted by Gasteiger charge is 2.34. The van der Waals surface area contributed by atoms with Crippen molar-refractivity contribution in [3.05, 3.63) is 46.9 Å². The number of hydrogen-bond donors (Lipinski definition) is 0. The van der Waals surface area contributed by atoms with E-state index in [1.54, 1.807) is 18.2 Å². The molecule has 0 aliphatic carbocycles. The van der Waals surface area contributed by atoms with Crippen LogP contribution in [0, 0.1) is 0 Å². The van der Waals surface area contributed by atoms with Crippen LogP contribution < -0.4 is 4.74 Å². The Bertz CT molecular complexity index is 863. The smallest absolute Gasteiger partial charge is 0.433 e. The Kier molecular flexibility index (Phi) is 3.85. The second-order valence-corrected chi connectivity index (χ2v) is 5.07. The maximum atomic E-state index is 12.9. The van der Waals surface area contributed by atoms with Crippen LogP contribution >= 0.6 is 11.6 Å². The molecule has 0 saturated heterocycles. The number of aromatic nitrogens is 4. The molecule has 0 aliphatic heterocycles. The van der Waals surface area contributed by atoms with Gasteiger partial charge in [0, 0.05) is 11.1 Å². The lowest BCUT2D eigenvalue weighted by molar-refractivity contribution is -0.141. The summed E-state index contributed by atoms with van der Waals surface area (Å²) in [4.78, 5) is 7.10. The van der Waals surface area contributed by atoms with Gasteiger partial charge in [-0.05, 0) is 30.2 Å². The summed E-state index contributed by atoms with van der Waals surface area (Å²) in [5.74, 6) is 0.0195. The van der Waals surface area contributed by atoms with Gasteiger partial charge in [-0.1, -0.05) is 18.5 Å². The quantitative estimate of drug-likeness (QED) is 0.717. The molecule has 0 atom stereocenters. The van der Waals surface area contributed by atoms with Crippen LogP contribution in [0.2, 0.25) is 5.02 Å². The van der Waals surface area contributed by atoms with Crippen molar-refractivity contribution in [2.75, 3.05) is 0 Å². The average Bonchev–Trinajstić information content (AvgIpc) is 2.97. The van der Waals surface area contributed by atoms with E-state index in [1.165, 1.54) is 0 Å². The van der Waals surface area contributed by atoms with Crippen LogP contribution in [-0.2, 0) is 12.6 Å². The number of alkyl halides is 3. The fourth-order valence-corrected chi connectivity index (χ4v) is 2.26. The Morgan fingerprint density at radius 1 is 1.26 bits per heavy atom. The molecule has 120 valence electrons. The van der Waals surface area contributed by atoms with Crippen molar-refractivity contribution in [2.24, 2.45) is 0 Å². The van der Waals surface area contributed by atoms with E-state index in [-0.39, 0.29) is 11.7 Å². The van der Waals surface area contributed by atoms with E-state index in [2.05, 4.69) is 15.1 Å². The molecule has 5 nitrogen and oxygen atoms in total. The molecule has 0 spiro atoms. The summed E-state index contributed by atoms with van der Waals surface area (Å²) < 4.78 is 45.4. The molecule has 1 aromatic carbocycles. The second-order valence-electron chi connectivity index (χ2n) is 4.66. The first kappa shape index (κ1) is 15.5. The van der Waals surface area contributed by atoms with Crippen LogP contribution in [0.25, 0.3) is 5.78 Å². The first-order valence-electron chi connectivity index (χ1n) is 6.62. The molecule has 0 fully saturated rings. The number of aryl methyl sites for hydroxylation is 1. The fourth-order valence-electron chi connectivity index (χ4n) is 2.01. The van der Waals surface area contributed by atoms with Gasteiger partial charge in [-0.3, -0.25) is 0 Å². The second kappa shape index (κ2) is 5.69. The van der Waals surface area contributed by atoms with E-state index in [9.17, 15) is 13.2 Å². The molecule has 9 heteroatoms. The summed E-state index contributed by atoms with van der Waals surface area (Å²) in [7, 11) is 0. The molecule has 3 aromatic rings. The Labute approximate surface area is 133 Å². The predicted molar refractivity (Wildman–Crippen MR) is 76.7 cm³/mol. The van der Waals surface area contributed by atoms with E-state index >= 15 is 0 Å². The van der Waals surface area contributed by atoms with Crippen molar-refractivity contribution in [3.63, 3.8) is 0 Å². The highest BCUT2D eigenvalue weighted by atomic mass is 35.5. The average molecular weight is 343 g/mol. The van der Waals surface area contributed by atoms with Crippen molar-refractivity contribution >= 4 is 17.4 Å². The normalized spacial score (nSPS) is 11.9. The Morgan fingerprint density at radius 2 is 2.04 bits per heavy atom. The maximum absolute atomic E-state index is 12.9. The van der Waals surface area contributed by atoms with Crippen molar-refractivity contribution < 1.29 is 17.9 Å². The summed E-state index contributed by atoms with van der Waals surface area (Å²) >= 11 is 6.02. The van der Waals surface area contributed by atoms with Gasteiger partial charge in [-0.2, -0.15) is 27.8 Å². The molecule has 0 N–H and O–H groups in total. The Balaban J connectivity index is 2.07. The number of benzene rings is 1. The van der Waals surface area contributed by atoms with Gasteiger partial charge in [0.2, 0.25) is 5.88 Å². The van der Waals surface area contributed by atoms with Gasteiger partial charge in [0.05, 0.1) is 0 Å². The molecule has 2 aromatic heterocycles. The van der Waals surface area contributed by atoms with E-state index < -0.39 is 11.9 Å². The minimum Gasteiger partial charge on any atom is -0.439 e. The number of rotatable bonds is 3. The number of nitrogens with zero attached hydrogens (tertiary/aromatic N) is 4. The molecule has 0 aliphatic rings. The third-order valence-electron chi connectivity index (χ3n) is 3.13. The summed E-state index contributed by atoms with van der Waals surface area (Å²) in [6, 6.07) is 5.64. The molecule has 3 rings (SSSR count). The van der Waals surface area contributed by atoms with Crippen LogP contribution in [-0.4, -0.2) is 19.6 Å². The molecular formula is C14H10ClF3N4O. The van der Waals surface area contributed by atoms with E-state index in [0.717, 1.165) is 22.5 Å². The predicted octanol–water partition coefficient (Wildman–Crippen LogP) is 4.15. The minimum absolute atomic E-state index is 0.135. The molecule has 0 amide bonds. The zero-order chi connectivity index (χ0) is 16.6. The highest BCUT2D eigenvalue weighted by Crippen LogP contribution is 2.32. The topological polar surface area (TPSA) is 52.3 Å². The molecular weight excluding hydrogens is 333 g/mol. The first-order chi connectivity index (χ1) is 10.9. The van der Waals surface area contributed by atoms with Gasteiger partial charge in [0.1, 0.15) is 12.1 Å². The number of hydrogen-bond acceptors (Lipinski definition) is 4. The summed E-state index contributed by atoms with van der Waals surface area (Å²) in [5, 5.41) is 4.39. The van der Waals surface area contributed by atoms with Gasteiger partial charge < -0.3 is 4.74 Å². The fraction of sp³-hybridized carbons (Fsp3) is 0.214. The molecule has 0 bridgehead atoms. The van der Waals surface area contributed by atoms with Crippen LogP contribution in [0.4, 0.5) is 13.2 Å². The van der Waals surface area contributed by atoms with Gasteiger partial charge in [0.25, 0.3) is 5.78 Å². The molecule has 0 saturated carbocycles. The maximum Gasteiger partial charge on any atom is 0.433 e. The van der Waals surface area contributed by atoms with E-state index in [1.807, 2.05) is 6.92 Å². The lowest BCUT2D eigenvalue weighted by atomic mass is 10.1. The van der Waals surface area contributed by atoms with Gasteiger partial charge in [0.15, 0.2) is 5.69 Å². The monoisotopic (exact) mass is 342 g/mol. The highest BCUT2D eigenvalue weighted by molar-refractivity contribution is 6.31. The largest absolute Gasteiger partial charge is 0.439 e. The number of halogens is 4. The lowest BCUT2D eigenvalue weighted by Gasteiger charge is -2.11. The van der Waals surface area contributed by atoms with Crippen LogP contribution in [0.1, 0.15) is 18.2 Å². The molecule has 0 radical (unpaired) electrons. The van der Waals surface area contributed by atoms with Crippen molar-refractivity contribution in [3.8, 4) is 11.6 Å². The van der Waals surface area contributed by atoms with Crippen LogP contribution in [0.15, 0.2) is 30.6 Å². The molecule has 0 unspecified atom stereocenters. The third kappa shape index (κ3) is 3.07. The summed E-state index contributed by atoms with van der Waals surface area (Å²) in [6.07, 6.45) is -2.84. The standard InChI is InChI=1S/C14H10ClF3N4O/c1-2-8-5-9(3-4-10(8)15)23-12-6-11(14(16,17)18)21-13-19-7-20-22(12)13/h3-7H,2H2,1H3. The third-order valence-corrected chi connectivity index (χ3v) is 3.50. The zero-order valence-electron chi connectivity index (χ0n) is 11.8. The lowest BCUT2D eigenvalue weighted by Crippen LogP contribution is -2.11. The Hall–Kier alpha value is -2.35. The Morgan fingerprint density at radius 3 is 2.74 bits per heavy atom. The molecule has 23 heavy (non-hydrogen) atoms. The van der Waals surface area contributed by atoms with Crippen LogP contribution in [0.3, 0.4) is 0 Å². The minimum atomic E-state index is -4.61. The van der Waals surface area contributed by atoms with E-state index in [4.69, 9.17) is 16.3 Å². The SMILES string of the molecule is CCc1cc(Oc2cc(C(F)(F)F)nc3ncnn23)ccc1Cl.